The average Bonchev–Trinajstić information content (AvgIpc) is 3.12. The van der Waals surface area contributed by atoms with Crippen LogP contribution in [-0.2, 0) is 0 Å². The molecule has 132 valence electrons. The van der Waals surface area contributed by atoms with Crippen molar-refractivity contribution in [1.29, 1.82) is 0 Å². The van der Waals surface area contributed by atoms with Crippen LogP contribution in [0.1, 0.15) is 30.9 Å². The number of hydrogen-bond donors (Lipinski definition) is 0. The Balaban J connectivity index is 1.96. The van der Waals surface area contributed by atoms with Crippen LogP contribution in [0.4, 0.5) is 0 Å². The van der Waals surface area contributed by atoms with Gasteiger partial charge in [0.1, 0.15) is 0 Å². The summed E-state index contributed by atoms with van der Waals surface area (Å²) in [5.41, 5.74) is 8.12. The summed E-state index contributed by atoms with van der Waals surface area (Å²) in [6.45, 7) is 9.12. The maximum absolute atomic E-state index is 6.70. The Kier molecular flexibility index (Phi) is 4.59. The third-order valence-corrected chi connectivity index (χ3v) is 8.36. The Hall–Kier alpha value is -1.41. The first-order chi connectivity index (χ1) is 12.4. The minimum absolute atomic E-state index is 0.291. The van der Waals surface area contributed by atoms with Crippen molar-refractivity contribution in [2.45, 2.75) is 32.9 Å². The fraction of sp³-hybridized carbons (Fsp3) is 0.261. The molecule has 3 heteroatoms. The lowest BCUT2D eigenvalue weighted by atomic mass is 9.83. The van der Waals surface area contributed by atoms with E-state index in [9.17, 15) is 0 Å². The molecule has 0 N–H and O–H groups in total. The van der Waals surface area contributed by atoms with Crippen LogP contribution in [0.2, 0.25) is 13.1 Å². The van der Waals surface area contributed by atoms with E-state index in [4.69, 9.17) is 23.2 Å². The van der Waals surface area contributed by atoms with Crippen LogP contribution in [0.15, 0.2) is 74.9 Å². The first-order valence-corrected chi connectivity index (χ1v) is 12.3. The minimum Gasteiger partial charge on any atom is -0.0828 e. The maximum Gasteiger partial charge on any atom is 0.0597 e. The highest BCUT2D eigenvalue weighted by atomic mass is 35.5. The van der Waals surface area contributed by atoms with Gasteiger partial charge in [-0.3, -0.25) is 0 Å². The summed E-state index contributed by atoms with van der Waals surface area (Å²) in [5.74, 6) is 0.603. The molecule has 0 radical (unpaired) electrons. The molecule has 1 aromatic carbocycles. The molecule has 1 aromatic rings. The molecule has 0 aliphatic heterocycles. The summed E-state index contributed by atoms with van der Waals surface area (Å²) in [5, 5.41) is 2.77. The van der Waals surface area contributed by atoms with Gasteiger partial charge in [0.15, 0.2) is 0 Å². The van der Waals surface area contributed by atoms with E-state index < -0.39 is 8.41 Å². The summed E-state index contributed by atoms with van der Waals surface area (Å²) in [4.78, 5) is 0. The zero-order valence-electron chi connectivity index (χ0n) is 15.5. The molecule has 0 saturated heterocycles. The van der Waals surface area contributed by atoms with Crippen LogP contribution >= 0.6 is 23.2 Å². The number of allylic oxidation sites excluding steroid dienone is 9. The average molecular weight is 397 g/mol. The molecule has 3 aliphatic rings. The molecule has 2 unspecified atom stereocenters. The molecule has 0 heterocycles. The van der Waals surface area contributed by atoms with E-state index in [0.29, 0.717) is 16.9 Å². The number of rotatable bonds is 1. The number of hydrogen-bond acceptors (Lipinski definition) is 0. The molecule has 2 atom stereocenters. The van der Waals surface area contributed by atoms with E-state index in [2.05, 4.69) is 75.5 Å². The van der Waals surface area contributed by atoms with E-state index in [1.165, 1.54) is 38.6 Å². The Bertz CT molecular complexity index is 995. The predicted molar refractivity (Wildman–Crippen MR) is 117 cm³/mol. The Labute approximate surface area is 167 Å². The highest BCUT2D eigenvalue weighted by molar-refractivity contribution is 6.77. The van der Waals surface area contributed by atoms with Crippen molar-refractivity contribution >= 4 is 42.9 Å². The lowest BCUT2D eigenvalue weighted by molar-refractivity contribution is 0.903. The second kappa shape index (κ2) is 6.63. The van der Waals surface area contributed by atoms with Gasteiger partial charge in [-0.1, -0.05) is 85.7 Å². The van der Waals surface area contributed by atoms with Gasteiger partial charge < -0.3 is 0 Å². The van der Waals surface area contributed by atoms with Gasteiger partial charge in [0, 0.05) is 20.2 Å². The van der Waals surface area contributed by atoms with Crippen LogP contribution in [0, 0.1) is 5.92 Å². The van der Waals surface area contributed by atoms with Gasteiger partial charge in [-0.25, -0.2) is 0 Å². The number of halogens is 2. The van der Waals surface area contributed by atoms with Crippen LogP contribution in [-0.4, -0.2) is 13.6 Å². The maximum atomic E-state index is 6.70. The third-order valence-electron chi connectivity index (χ3n) is 5.64. The van der Waals surface area contributed by atoms with E-state index in [1.807, 2.05) is 0 Å². The van der Waals surface area contributed by atoms with Crippen LogP contribution in [0.25, 0.3) is 6.08 Å². The Morgan fingerprint density at radius 1 is 1.00 bits per heavy atom. The van der Waals surface area contributed by atoms with Crippen molar-refractivity contribution in [3.8, 4) is 0 Å². The van der Waals surface area contributed by atoms with Crippen LogP contribution in [0.5, 0.6) is 0 Å². The third kappa shape index (κ3) is 2.69. The molecule has 0 saturated carbocycles. The summed E-state index contributed by atoms with van der Waals surface area (Å²) in [6.07, 6.45) is 8.93. The molecule has 0 nitrogen and oxygen atoms in total. The molecule has 26 heavy (non-hydrogen) atoms. The van der Waals surface area contributed by atoms with Crippen molar-refractivity contribution in [2.24, 2.45) is 5.92 Å². The highest BCUT2D eigenvalue weighted by Crippen LogP contribution is 2.48. The van der Waals surface area contributed by atoms with Gasteiger partial charge >= 0.3 is 0 Å². The smallest absolute Gasteiger partial charge is 0.0597 e. The second-order valence-electron chi connectivity index (χ2n) is 7.52. The molecule has 0 aromatic heterocycles. The van der Waals surface area contributed by atoms with Crippen LogP contribution < -0.4 is 0 Å². The van der Waals surface area contributed by atoms with Crippen LogP contribution in [0.3, 0.4) is 0 Å². The van der Waals surface area contributed by atoms with E-state index in [-0.39, 0.29) is 0 Å². The first kappa shape index (κ1) is 18.0. The zero-order valence-corrected chi connectivity index (χ0v) is 18.0. The molecule has 4 rings (SSSR count). The van der Waals surface area contributed by atoms with E-state index in [0.717, 1.165) is 5.03 Å². The molecular weight excluding hydrogens is 375 g/mol. The molecule has 0 spiro atoms. The lowest BCUT2D eigenvalue weighted by Crippen LogP contribution is -2.22. The van der Waals surface area contributed by atoms with Gasteiger partial charge in [-0.15, -0.1) is 0 Å². The van der Waals surface area contributed by atoms with Crippen molar-refractivity contribution < 1.29 is 0 Å². The SMILES string of the molecule is CC1=CC2=CC(Cl)=C(Cl)C(=[Si](C)C)C(C)C2=C1C1C=Cc2ccccc21. The first-order valence-electron chi connectivity index (χ1n) is 9.05. The van der Waals surface area contributed by atoms with E-state index >= 15 is 0 Å². The number of benzene rings is 1. The van der Waals surface area contributed by atoms with Gasteiger partial charge in [0.2, 0.25) is 0 Å². The summed E-state index contributed by atoms with van der Waals surface area (Å²) < 4.78 is 0. The monoisotopic (exact) mass is 396 g/mol. The minimum atomic E-state index is -0.715. The molecular formula is C23H22Cl2Si. The molecule has 3 aliphatic carbocycles. The lowest BCUT2D eigenvalue weighted by Gasteiger charge is -2.24. The van der Waals surface area contributed by atoms with Gasteiger partial charge in [0.05, 0.1) is 10.1 Å². The van der Waals surface area contributed by atoms with Gasteiger partial charge in [-0.05, 0) is 51.6 Å². The molecule has 0 amide bonds. The van der Waals surface area contributed by atoms with Crippen molar-refractivity contribution in [3.05, 3.63) is 86.0 Å². The topological polar surface area (TPSA) is 0 Å². The normalized spacial score (nSPS) is 24.5. The molecule has 0 fully saturated rings. The van der Waals surface area contributed by atoms with Gasteiger partial charge in [0.25, 0.3) is 0 Å². The Morgan fingerprint density at radius 2 is 1.73 bits per heavy atom. The summed E-state index contributed by atoms with van der Waals surface area (Å²) >= 11 is 13.3. The fourth-order valence-electron chi connectivity index (χ4n) is 4.59. The standard InChI is InChI=1S/C23H22Cl2Si/c1-13-11-16-12-19(24)22(25)23(26(3)4)14(2)21(16)20(13)18-10-9-15-7-5-6-8-17(15)18/h5-12,14,18H,1-4H3. The molecule has 0 bridgehead atoms. The quantitative estimate of drug-likeness (QED) is 0.456. The second-order valence-corrected chi connectivity index (χ2v) is 10.8. The van der Waals surface area contributed by atoms with E-state index in [1.54, 1.807) is 0 Å². The largest absolute Gasteiger partial charge is 0.0828 e. The zero-order chi connectivity index (χ0) is 18.6. The van der Waals surface area contributed by atoms with Gasteiger partial charge in [-0.2, -0.15) is 0 Å². The van der Waals surface area contributed by atoms with Crippen molar-refractivity contribution in [3.63, 3.8) is 0 Å². The fourth-order valence-corrected chi connectivity index (χ4v) is 7.26. The highest BCUT2D eigenvalue weighted by Gasteiger charge is 2.34. The predicted octanol–water partition coefficient (Wildman–Crippen LogP) is 6.83. The van der Waals surface area contributed by atoms with Crippen molar-refractivity contribution in [1.82, 2.24) is 0 Å². The summed E-state index contributed by atoms with van der Waals surface area (Å²) in [7, 11) is -0.715. The summed E-state index contributed by atoms with van der Waals surface area (Å²) in [6, 6.07) is 8.70. The Morgan fingerprint density at radius 3 is 2.46 bits per heavy atom. The number of fused-ring (bicyclic) bond motifs is 2. The van der Waals surface area contributed by atoms with Crippen molar-refractivity contribution in [2.75, 3.05) is 0 Å².